The van der Waals surface area contributed by atoms with Gasteiger partial charge in [-0.15, -0.1) is 0 Å². The molecule has 19 heavy (non-hydrogen) atoms. The van der Waals surface area contributed by atoms with E-state index in [0.29, 0.717) is 5.69 Å². The van der Waals surface area contributed by atoms with E-state index in [1.807, 2.05) is 30.3 Å². The van der Waals surface area contributed by atoms with Crippen LogP contribution in [0.2, 0.25) is 0 Å². The molecule has 96 valence electrons. The number of hydrogen-bond acceptors (Lipinski definition) is 4. The van der Waals surface area contributed by atoms with Crippen LogP contribution in [0.4, 0.5) is 0 Å². The monoisotopic (exact) mass is 318 g/mol. The van der Waals surface area contributed by atoms with Crippen LogP contribution < -0.4 is 0 Å². The second-order valence-electron chi connectivity index (χ2n) is 3.85. The maximum atomic E-state index is 11.8. The van der Waals surface area contributed by atoms with Crippen molar-refractivity contribution in [3.05, 3.63) is 40.6 Å². The van der Waals surface area contributed by atoms with E-state index in [2.05, 4.69) is 20.9 Å². The van der Waals surface area contributed by atoms with Gasteiger partial charge in [-0.3, -0.25) is 9.78 Å². The molecule has 0 radical (unpaired) electrons. The van der Waals surface area contributed by atoms with Gasteiger partial charge in [-0.25, -0.2) is 0 Å². The zero-order valence-electron chi connectivity index (χ0n) is 10.3. The van der Waals surface area contributed by atoms with Crippen LogP contribution >= 0.6 is 15.9 Å². The lowest BCUT2D eigenvalue weighted by Crippen LogP contribution is -2.16. The molecule has 1 atom stereocenters. The number of ether oxygens (including phenoxy) is 1. The smallest absolute Gasteiger partial charge is 0.329 e. The van der Waals surface area contributed by atoms with Crippen LogP contribution in [-0.4, -0.2) is 17.6 Å². The molecule has 0 aliphatic rings. The normalized spacial score (nSPS) is 11.8. The van der Waals surface area contributed by atoms with Crippen LogP contribution in [0.5, 0.6) is 0 Å². The highest BCUT2D eigenvalue weighted by molar-refractivity contribution is 9.10. The SMILES string of the molecule is CCOC(=O)C(C#N)c1nccc2c(Br)cccc12. The van der Waals surface area contributed by atoms with Crippen LogP contribution in [0, 0.1) is 11.3 Å². The number of hydrogen-bond donors (Lipinski definition) is 0. The number of fused-ring (bicyclic) bond motifs is 1. The predicted octanol–water partition coefficient (Wildman–Crippen LogP) is 3.17. The lowest BCUT2D eigenvalue weighted by Gasteiger charge is -2.11. The van der Waals surface area contributed by atoms with Gasteiger partial charge in [0.05, 0.1) is 18.4 Å². The van der Waals surface area contributed by atoms with E-state index < -0.39 is 11.9 Å². The van der Waals surface area contributed by atoms with E-state index in [9.17, 15) is 10.1 Å². The summed E-state index contributed by atoms with van der Waals surface area (Å²) < 4.78 is 5.81. The molecule has 1 aromatic heterocycles. The highest BCUT2D eigenvalue weighted by atomic mass is 79.9. The van der Waals surface area contributed by atoms with Crippen molar-refractivity contribution in [2.75, 3.05) is 6.61 Å². The highest BCUT2D eigenvalue weighted by Crippen LogP contribution is 2.29. The fourth-order valence-corrected chi connectivity index (χ4v) is 2.37. The van der Waals surface area contributed by atoms with Crippen molar-refractivity contribution in [1.82, 2.24) is 4.98 Å². The number of esters is 1. The third-order valence-corrected chi connectivity index (χ3v) is 3.40. The Hall–Kier alpha value is -1.93. The first-order valence-electron chi connectivity index (χ1n) is 5.78. The third kappa shape index (κ3) is 2.59. The molecule has 2 rings (SSSR count). The van der Waals surface area contributed by atoms with Crippen molar-refractivity contribution < 1.29 is 9.53 Å². The molecule has 4 nitrogen and oxygen atoms in total. The highest BCUT2D eigenvalue weighted by Gasteiger charge is 2.25. The Labute approximate surface area is 119 Å². The van der Waals surface area contributed by atoms with Crippen molar-refractivity contribution in [2.24, 2.45) is 0 Å². The Balaban J connectivity index is 2.59. The number of carbonyl (C=O) groups excluding carboxylic acids is 1. The summed E-state index contributed by atoms with van der Waals surface area (Å²) in [5, 5.41) is 10.9. The zero-order valence-corrected chi connectivity index (χ0v) is 11.8. The van der Waals surface area contributed by atoms with E-state index in [1.54, 1.807) is 13.1 Å². The molecule has 1 aromatic carbocycles. The van der Waals surface area contributed by atoms with Gasteiger partial charge in [0.1, 0.15) is 0 Å². The third-order valence-electron chi connectivity index (χ3n) is 2.71. The van der Waals surface area contributed by atoms with E-state index in [1.165, 1.54) is 0 Å². The van der Waals surface area contributed by atoms with Crippen molar-refractivity contribution in [3.63, 3.8) is 0 Å². The molecule has 0 fully saturated rings. The topological polar surface area (TPSA) is 63.0 Å². The molecular formula is C14H11BrN2O2. The molecule has 0 N–H and O–H groups in total. The standard InChI is InChI=1S/C14H11BrN2O2/c1-2-19-14(18)11(8-16)13-10-4-3-5-12(15)9(10)6-7-17-13/h3-7,11H,2H2,1H3. The Bertz CT molecular complexity index is 664. The number of carbonyl (C=O) groups is 1. The van der Waals surface area contributed by atoms with E-state index in [-0.39, 0.29) is 6.61 Å². The zero-order chi connectivity index (χ0) is 13.8. The Morgan fingerprint density at radius 3 is 2.95 bits per heavy atom. The summed E-state index contributed by atoms with van der Waals surface area (Å²) in [4.78, 5) is 16.0. The maximum Gasteiger partial charge on any atom is 0.329 e. The number of benzene rings is 1. The van der Waals surface area contributed by atoms with Crippen LogP contribution in [0.3, 0.4) is 0 Å². The fraction of sp³-hybridized carbons (Fsp3) is 0.214. The molecule has 5 heteroatoms. The fourth-order valence-electron chi connectivity index (χ4n) is 1.87. The number of nitriles is 1. The number of aromatic nitrogens is 1. The molecule has 0 saturated heterocycles. The van der Waals surface area contributed by atoms with Crippen molar-refractivity contribution in [3.8, 4) is 6.07 Å². The summed E-state index contributed by atoms with van der Waals surface area (Å²) >= 11 is 3.44. The van der Waals surface area contributed by atoms with Gasteiger partial charge in [-0.2, -0.15) is 5.26 Å². The number of halogens is 1. The summed E-state index contributed by atoms with van der Waals surface area (Å²) in [6, 6.07) is 9.38. The summed E-state index contributed by atoms with van der Waals surface area (Å²) in [5.41, 5.74) is 0.430. The van der Waals surface area contributed by atoms with Gasteiger partial charge in [0, 0.05) is 16.1 Å². The van der Waals surface area contributed by atoms with Gasteiger partial charge in [0.2, 0.25) is 0 Å². The molecule has 0 saturated carbocycles. The first kappa shape index (κ1) is 13.5. The minimum absolute atomic E-state index is 0.242. The second-order valence-corrected chi connectivity index (χ2v) is 4.70. The van der Waals surface area contributed by atoms with E-state index in [0.717, 1.165) is 15.2 Å². The van der Waals surface area contributed by atoms with Crippen LogP contribution in [0.1, 0.15) is 18.5 Å². The minimum Gasteiger partial charge on any atom is -0.465 e. The summed E-state index contributed by atoms with van der Waals surface area (Å²) in [6.45, 7) is 1.95. The van der Waals surface area contributed by atoms with Crippen LogP contribution in [-0.2, 0) is 9.53 Å². The predicted molar refractivity (Wildman–Crippen MR) is 74.4 cm³/mol. The Kier molecular flexibility index (Phi) is 4.13. The largest absolute Gasteiger partial charge is 0.465 e. The first-order valence-corrected chi connectivity index (χ1v) is 6.57. The minimum atomic E-state index is -1.00. The Morgan fingerprint density at radius 1 is 1.47 bits per heavy atom. The number of rotatable bonds is 3. The van der Waals surface area contributed by atoms with Gasteiger partial charge in [0.15, 0.2) is 5.92 Å². The molecule has 0 bridgehead atoms. The van der Waals surface area contributed by atoms with Gasteiger partial charge < -0.3 is 4.74 Å². The maximum absolute atomic E-state index is 11.8. The van der Waals surface area contributed by atoms with Crippen LogP contribution in [0.25, 0.3) is 10.8 Å². The summed E-state index contributed by atoms with van der Waals surface area (Å²) in [7, 11) is 0. The average molecular weight is 319 g/mol. The van der Waals surface area contributed by atoms with Gasteiger partial charge in [-0.05, 0) is 24.4 Å². The average Bonchev–Trinajstić information content (AvgIpc) is 2.41. The van der Waals surface area contributed by atoms with Gasteiger partial charge in [0.25, 0.3) is 0 Å². The van der Waals surface area contributed by atoms with Crippen molar-refractivity contribution in [1.29, 1.82) is 5.26 Å². The molecule has 0 aliphatic carbocycles. The molecule has 0 aliphatic heterocycles. The Morgan fingerprint density at radius 2 is 2.26 bits per heavy atom. The molecule has 0 spiro atoms. The number of pyridine rings is 1. The van der Waals surface area contributed by atoms with Crippen molar-refractivity contribution in [2.45, 2.75) is 12.8 Å². The molecular weight excluding hydrogens is 308 g/mol. The van der Waals surface area contributed by atoms with Gasteiger partial charge >= 0.3 is 5.97 Å². The van der Waals surface area contributed by atoms with Gasteiger partial charge in [-0.1, -0.05) is 28.1 Å². The van der Waals surface area contributed by atoms with E-state index >= 15 is 0 Å². The van der Waals surface area contributed by atoms with Crippen LogP contribution in [0.15, 0.2) is 34.9 Å². The molecule has 1 heterocycles. The first-order chi connectivity index (χ1) is 9.19. The molecule has 2 aromatic rings. The van der Waals surface area contributed by atoms with E-state index in [4.69, 9.17) is 4.74 Å². The summed E-state index contributed by atoms with van der Waals surface area (Å²) in [6.07, 6.45) is 1.59. The second kappa shape index (κ2) is 5.81. The lowest BCUT2D eigenvalue weighted by atomic mass is 10.0. The van der Waals surface area contributed by atoms with Crippen molar-refractivity contribution >= 4 is 32.7 Å². The molecule has 0 amide bonds. The quantitative estimate of drug-likeness (QED) is 0.815. The lowest BCUT2D eigenvalue weighted by molar-refractivity contribution is -0.143. The number of nitrogens with zero attached hydrogens (tertiary/aromatic N) is 2. The summed E-state index contributed by atoms with van der Waals surface area (Å²) in [5.74, 6) is -1.57. The molecule has 1 unspecified atom stereocenters.